The van der Waals surface area contributed by atoms with Crippen molar-refractivity contribution in [3.63, 3.8) is 0 Å². The first-order valence-corrected chi connectivity index (χ1v) is 7.57. The van der Waals surface area contributed by atoms with E-state index < -0.39 is 0 Å². The second kappa shape index (κ2) is 3.75. The van der Waals surface area contributed by atoms with E-state index in [1.807, 2.05) is 4.68 Å². The lowest BCUT2D eigenvalue weighted by Crippen LogP contribution is -2.43. The zero-order valence-electron chi connectivity index (χ0n) is 11.2. The molecule has 0 saturated heterocycles. The number of rotatable bonds is 2. The van der Waals surface area contributed by atoms with Crippen LogP contribution in [0.3, 0.4) is 0 Å². The molecule has 0 radical (unpaired) electrons. The number of nitrogens with two attached hydrogens (primary N) is 1. The van der Waals surface area contributed by atoms with Gasteiger partial charge in [0.2, 0.25) is 0 Å². The molecule has 4 fully saturated rings. The second-order valence-corrected chi connectivity index (χ2v) is 6.77. The van der Waals surface area contributed by atoms with Crippen LogP contribution in [0.15, 0.2) is 6.07 Å². The minimum absolute atomic E-state index is 0.716. The van der Waals surface area contributed by atoms with E-state index in [2.05, 4.69) is 13.0 Å². The van der Waals surface area contributed by atoms with Gasteiger partial charge in [0.25, 0.3) is 0 Å². The topological polar surface area (TPSA) is 43.8 Å². The smallest absolute Gasteiger partial charge is 0.121 e. The molecule has 0 unspecified atom stereocenters. The molecule has 1 heterocycles. The molecule has 4 bridgehead atoms. The molecule has 4 saturated carbocycles. The zero-order valence-corrected chi connectivity index (χ0v) is 11.2. The van der Waals surface area contributed by atoms with Gasteiger partial charge in [-0.05, 0) is 62.7 Å². The van der Waals surface area contributed by atoms with Crippen LogP contribution in [0.1, 0.15) is 50.6 Å². The Bertz CT molecular complexity index is 434. The lowest BCUT2D eigenvalue weighted by Gasteiger charge is -2.54. The molecule has 0 spiro atoms. The fraction of sp³-hybridized carbons (Fsp3) is 0.800. The third-order valence-electron chi connectivity index (χ3n) is 5.70. The van der Waals surface area contributed by atoms with Crippen LogP contribution in [-0.4, -0.2) is 9.78 Å². The van der Waals surface area contributed by atoms with Gasteiger partial charge in [0.1, 0.15) is 5.82 Å². The lowest BCUT2D eigenvalue weighted by atomic mass is 9.51. The molecular weight excluding hydrogens is 222 g/mol. The number of nitrogens with zero attached hydrogens (tertiary/aromatic N) is 2. The van der Waals surface area contributed by atoms with Gasteiger partial charge in [0.05, 0.1) is 5.69 Å². The predicted molar refractivity (Wildman–Crippen MR) is 72.1 cm³/mol. The summed E-state index contributed by atoms with van der Waals surface area (Å²) in [6.07, 6.45) is 7.34. The van der Waals surface area contributed by atoms with Crippen molar-refractivity contribution >= 4 is 5.82 Å². The van der Waals surface area contributed by atoms with Crippen molar-refractivity contribution in [2.75, 3.05) is 5.73 Å². The Morgan fingerprint density at radius 3 is 2.28 bits per heavy atom. The van der Waals surface area contributed by atoms with E-state index in [1.54, 1.807) is 0 Å². The first kappa shape index (κ1) is 10.9. The van der Waals surface area contributed by atoms with Crippen LogP contribution in [0.4, 0.5) is 5.82 Å². The van der Waals surface area contributed by atoms with Crippen molar-refractivity contribution < 1.29 is 0 Å². The van der Waals surface area contributed by atoms with E-state index >= 15 is 0 Å². The summed E-state index contributed by atoms with van der Waals surface area (Å²) in [4.78, 5) is 0. The van der Waals surface area contributed by atoms with E-state index in [0.717, 1.165) is 36.0 Å². The first-order chi connectivity index (χ1) is 8.74. The van der Waals surface area contributed by atoms with Crippen molar-refractivity contribution in [1.29, 1.82) is 0 Å². The maximum absolute atomic E-state index is 6.05. The van der Waals surface area contributed by atoms with Gasteiger partial charge in [-0.3, -0.25) is 4.68 Å². The molecule has 18 heavy (non-hydrogen) atoms. The third kappa shape index (κ3) is 1.45. The van der Waals surface area contributed by atoms with Gasteiger partial charge in [0, 0.05) is 18.5 Å². The molecule has 4 aliphatic rings. The fourth-order valence-corrected chi connectivity index (χ4v) is 5.28. The molecule has 0 aromatic carbocycles. The quantitative estimate of drug-likeness (QED) is 0.870. The maximum Gasteiger partial charge on any atom is 0.121 e. The Hall–Kier alpha value is -0.990. The maximum atomic E-state index is 6.05. The highest BCUT2D eigenvalue weighted by molar-refractivity contribution is 5.33. The fourth-order valence-electron chi connectivity index (χ4n) is 5.28. The molecule has 0 amide bonds. The Morgan fingerprint density at radius 1 is 1.17 bits per heavy atom. The predicted octanol–water partition coefficient (Wildman–Crippen LogP) is 3.02. The number of anilines is 1. The molecule has 98 valence electrons. The van der Waals surface area contributed by atoms with Crippen LogP contribution in [0.2, 0.25) is 0 Å². The Kier molecular flexibility index (Phi) is 2.27. The van der Waals surface area contributed by atoms with E-state index in [1.165, 1.54) is 37.8 Å². The summed E-state index contributed by atoms with van der Waals surface area (Å²) in [6, 6.07) is 2.15. The van der Waals surface area contributed by atoms with Crippen LogP contribution in [0, 0.1) is 23.7 Å². The minimum atomic E-state index is 0.716. The summed E-state index contributed by atoms with van der Waals surface area (Å²) < 4.78 is 1.96. The molecule has 3 nitrogen and oxygen atoms in total. The van der Waals surface area contributed by atoms with Crippen LogP contribution in [0.5, 0.6) is 0 Å². The SMILES string of the molecule is CCn1nc(C2C3CC4CC(C3)CC2C4)cc1N. The molecule has 0 aliphatic heterocycles. The van der Waals surface area contributed by atoms with Crippen LogP contribution in [0.25, 0.3) is 0 Å². The normalized spacial score (nSPS) is 41.5. The van der Waals surface area contributed by atoms with Crippen LogP contribution < -0.4 is 5.73 Å². The molecule has 4 aliphatic carbocycles. The third-order valence-corrected chi connectivity index (χ3v) is 5.70. The van der Waals surface area contributed by atoms with Crippen molar-refractivity contribution in [2.24, 2.45) is 23.7 Å². The Morgan fingerprint density at radius 2 is 1.78 bits per heavy atom. The zero-order chi connectivity index (χ0) is 12.3. The van der Waals surface area contributed by atoms with Crippen molar-refractivity contribution in [2.45, 2.75) is 51.5 Å². The molecule has 3 heteroatoms. The van der Waals surface area contributed by atoms with Gasteiger partial charge in [-0.2, -0.15) is 5.10 Å². The largest absolute Gasteiger partial charge is 0.384 e. The average molecular weight is 245 g/mol. The highest BCUT2D eigenvalue weighted by Crippen LogP contribution is 2.59. The summed E-state index contributed by atoms with van der Waals surface area (Å²) in [6.45, 7) is 3.00. The van der Waals surface area contributed by atoms with Gasteiger partial charge in [-0.15, -0.1) is 0 Å². The number of nitrogen functional groups attached to an aromatic ring is 1. The summed E-state index contributed by atoms with van der Waals surface area (Å²) in [7, 11) is 0. The monoisotopic (exact) mass is 245 g/mol. The highest BCUT2D eigenvalue weighted by atomic mass is 15.3. The van der Waals surface area contributed by atoms with E-state index in [4.69, 9.17) is 10.8 Å². The molecule has 2 N–H and O–H groups in total. The molecule has 0 atom stereocenters. The van der Waals surface area contributed by atoms with Gasteiger partial charge in [0.15, 0.2) is 0 Å². The first-order valence-electron chi connectivity index (χ1n) is 7.57. The Labute approximate surface area is 109 Å². The lowest BCUT2D eigenvalue weighted by molar-refractivity contribution is -0.00433. The minimum Gasteiger partial charge on any atom is -0.384 e. The van der Waals surface area contributed by atoms with E-state index in [9.17, 15) is 0 Å². The summed E-state index contributed by atoms with van der Waals surface area (Å²) in [5, 5.41) is 4.77. The van der Waals surface area contributed by atoms with Gasteiger partial charge in [-0.25, -0.2) is 0 Å². The number of aryl methyl sites for hydroxylation is 1. The highest BCUT2D eigenvalue weighted by Gasteiger charge is 2.49. The molecular formula is C15H23N3. The van der Waals surface area contributed by atoms with Gasteiger partial charge in [-0.1, -0.05) is 0 Å². The van der Waals surface area contributed by atoms with E-state index in [-0.39, 0.29) is 0 Å². The van der Waals surface area contributed by atoms with Gasteiger partial charge >= 0.3 is 0 Å². The molecule has 5 rings (SSSR count). The number of aromatic nitrogens is 2. The van der Waals surface area contributed by atoms with Crippen molar-refractivity contribution in [3.05, 3.63) is 11.8 Å². The summed E-state index contributed by atoms with van der Waals surface area (Å²) in [5.41, 5.74) is 7.34. The van der Waals surface area contributed by atoms with Crippen molar-refractivity contribution in [3.8, 4) is 0 Å². The van der Waals surface area contributed by atoms with Crippen LogP contribution in [-0.2, 0) is 6.54 Å². The van der Waals surface area contributed by atoms with Crippen LogP contribution >= 0.6 is 0 Å². The molecule has 1 aromatic rings. The van der Waals surface area contributed by atoms with Gasteiger partial charge < -0.3 is 5.73 Å². The summed E-state index contributed by atoms with van der Waals surface area (Å²) >= 11 is 0. The second-order valence-electron chi connectivity index (χ2n) is 6.77. The standard InChI is InChI=1S/C15H23N3/c1-2-18-14(16)8-13(17-18)15-11-4-9-3-10(6-11)7-12(15)5-9/h8-12,15H,2-7,16H2,1H3. The average Bonchev–Trinajstić information content (AvgIpc) is 2.69. The van der Waals surface area contributed by atoms with Crippen molar-refractivity contribution in [1.82, 2.24) is 9.78 Å². The van der Waals surface area contributed by atoms with E-state index in [0.29, 0.717) is 5.92 Å². The molecule has 1 aromatic heterocycles. The number of hydrogen-bond acceptors (Lipinski definition) is 2. The number of hydrogen-bond donors (Lipinski definition) is 1. The summed E-state index contributed by atoms with van der Waals surface area (Å²) in [5.74, 6) is 5.44. The Balaban J connectivity index is 1.67.